The van der Waals surface area contributed by atoms with Crippen LogP contribution < -0.4 is 5.32 Å². The topological polar surface area (TPSA) is 49.4 Å². The zero-order valence-corrected chi connectivity index (χ0v) is 18.1. The van der Waals surface area contributed by atoms with Gasteiger partial charge in [-0.3, -0.25) is 9.59 Å². The first kappa shape index (κ1) is 20.0. The molecule has 2 amide bonds. The second-order valence-electron chi connectivity index (χ2n) is 6.65. The van der Waals surface area contributed by atoms with Gasteiger partial charge in [-0.2, -0.15) is 0 Å². The van der Waals surface area contributed by atoms with Crippen LogP contribution in [0.1, 0.15) is 27.5 Å². The average molecular weight is 490 g/mol. The summed E-state index contributed by atoms with van der Waals surface area (Å²) >= 11 is 15.9. The number of hydrogen-bond donors (Lipinski definition) is 1. The van der Waals surface area contributed by atoms with Crippen molar-refractivity contribution in [2.24, 2.45) is 0 Å². The highest BCUT2D eigenvalue weighted by Gasteiger charge is 2.34. The van der Waals surface area contributed by atoms with Crippen molar-refractivity contribution in [3.63, 3.8) is 0 Å². The third-order valence-electron chi connectivity index (χ3n) is 4.74. The molecule has 1 N–H and O–H groups in total. The lowest BCUT2D eigenvalue weighted by Crippen LogP contribution is -2.39. The molecule has 1 unspecified atom stereocenters. The highest BCUT2D eigenvalue weighted by molar-refractivity contribution is 9.10. The van der Waals surface area contributed by atoms with E-state index >= 15 is 0 Å². The first-order chi connectivity index (χ1) is 13.9. The lowest BCUT2D eigenvalue weighted by Gasteiger charge is -2.31. The number of carbonyl (C=O) groups is 2. The molecule has 3 aromatic carbocycles. The van der Waals surface area contributed by atoms with Crippen molar-refractivity contribution in [2.75, 3.05) is 11.9 Å². The Morgan fingerprint density at radius 1 is 1.03 bits per heavy atom. The second-order valence-corrected chi connectivity index (χ2v) is 8.41. The van der Waals surface area contributed by atoms with Crippen molar-refractivity contribution in [3.8, 4) is 0 Å². The summed E-state index contributed by atoms with van der Waals surface area (Å²) in [5, 5.41) is 3.70. The van der Waals surface area contributed by atoms with E-state index < -0.39 is 6.04 Å². The molecule has 3 aromatic rings. The molecule has 0 saturated carbocycles. The van der Waals surface area contributed by atoms with E-state index in [0.29, 0.717) is 21.3 Å². The number of halogens is 3. The standard InChI is InChI=1S/C22H15BrCl2N2O2/c23-14-6-9-18(25)17(10-14)22(29)27-12-20(28)26-19-11-15(24)7-8-16(19)21(27)13-4-2-1-3-5-13/h1-11,21H,12H2,(H,26,28). The highest BCUT2D eigenvalue weighted by atomic mass is 79.9. The number of nitrogens with zero attached hydrogens (tertiary/aromatic N) is 1. The van der Waals surface area contributed by atoms with E-state index in [1.54, 1.807) is 30.3 Å². The van der Waals surface area contributed by atoms with Gasteiger partial charge in [0.05, 0.1) is 16.6 Å². The summed E-state index contributed by atoms with van der Waals surface area (Å²) in [5.41, 5.74) is 2.58. The molecule has 1 heterocycles. The Morgan fingerprint density at radius 3 is 2.55 bits per heavy atom. The fraction of sp³-hybridized carbons (Fsp3) is 0.0909. The van der Waals surface area contributed by atoms with Gasteiger partial charge in [0.1, 0.15) is 6.54 Å². The minimum absolute atomic E-state index is 0.118. The van der Waals surface area contributed by atoms with Crippen molar-refractivity contribution >= 4 is 56.6 Å². The number of benzene rings is 3. The highest BCUT2D eigenvalue weighted by Crippen LogP contribution is 2.38. The van der Waals surface area contributed by atoms with Gasteiger partial charge in [0.15, 0.2) is 0 Å². The number of amides is 2. The van der Waals surface area contributed by atoms with Crippen LogP contribution in [-0.2, 0) is 4.79 Å². The molecule has 1 aliphatic heterocycles. The van der Waals surface area contributed by atoms with Crippen LogP contribution in [0.3, 0.4) is 0 Å². The number of rotatable bonds is 2. The van der Waals surface area contributed by atoms with Gasteiger partial charge in [-0.1, -0.05) is 75.5 Å². The van der Waals surface area contributed by atoms with Crippen LogP contribution >= 0.6 is 39.1 Å². The van der Waals surface area contributed by atoms with Crippen LogP contribution in [0.4, 0.5) is 5.69 Å². The second kappa shape index (κ2) is 8.19. The third kappa shape index (κ3) is 4.04. The van der Waals surface area contributed by atoms with Crippen molar-refractivity contribution < 1.29 is 9.59 Å². The lowest BCUT2D eigenvalue weighted by atomic mass is 9.95. The molecule has 0 spiro atoms. The molecule has 146 valence electrons. The summed E-state index contributed by atoms with van der Waals surface area (Å²) in [6.07, 6.45) is 0. The largest absolute Gasteiger partial charge is 0.324 e. The minimum atomic E-state index is -0.482. The van der Waals surface area contributed by atoms with Gasteiger partial charge in [0.25, 0.3) is 5.91 Å². The fourth-order valence-corrected chi connectivity index (χ4v) is 4.21. The van der Waals surface area contributed by atoms with Gasteiger partial charge in [-0.25, -0.2) is 0 Å². The molecular formula is C22H15BrCl2N2O2. The lowest BCUT2D eigenvalue weighted by molar-refractivity contribution is -0.117. The van der Waals surface area contributed by atoms with Crippen LogP contribution in [0, 0.1) is 0 Å². The molecule has 0 radical (unpaired) electrons. The van der Waals surface area contributed by atoms with Gasteiger partial charge in [0.2, 0.25) is 5.91 Å². The molecule has 0 aromatic heterocycles. The smallest absolute Gasteiger partial charge is 0.256 e. The molecule has 4 nitrogen and oxygen atoms in total. The fourth-order valence-electron chi connectivity index (χ4n) is 3.48. The van der Waals surface area contributed by atoms with Gasteiger partial charge >= 0.3 is 0 Å². The Balaban J connectivity index is 1.90. The van der Waals surface area contributed by atoms with E-state index in [2.05, 4.69) is 21.2 Å². The Morgan fingerprint density at radius 2 is 1.79 bits per heavy atom. The van der Waals surface area contributed by atoms with Gasteiger partial charge in [-0.05, 0) is 35.9 Å². The van der Waals surface area contributed by atoms with E-state index in [0.717, 1.165) is 15.6 Å². The van der Waals surface area contributed by atoms with Crippen molar-refractivity contribution in [3.05, 3.63) is 97.9 Å². The number of fused-ring (bicyclic) bond motifs is 1. The minimum Gasteiger partial charge on any atom is -0.324 e. The Bertz CT molecular complexity index is 1110. The number of anilines is 1. The van der Waals surface area contributed by atoms with Crippen LogP contribution in [0.15, 0.2) is 71.2 Å². The zero-order valence-electron chi connectivity index (χ0n) is 15.0. The Hall–Kier alpha value is -2.34. The molecule has 0 fully saturated rings. The molecule has 0 bridgehead atoms. The van der Waals surface area contributed by atoms with E-state index in [4.69, 9.17) is 23.2 Å². The van der Waals surface area contributed by atoms with E-state index in [-0.39, 0.29) is 18.4 Å². The third-order valence-corrected chi connectivity index (χ3v) is 5.80. The first-order valence-electron chi connectivity index (χ1n) is 8.84. The average Bonchev–Trinajstić information content (AvgIpc) is 2.85. The Labute approximate surface area is 186 Å². The molecule has 1 atom stereocenters. The summed E-state index contributed by atoms with van der Waals surface area (Å²) in [6, 6.07) is 19.5. The van der Waals surface area contributed by atoms with Gasteiger partial charge < -0.3 is 10.2 Å². The first-order valence-corrected chi connectivity index (χ1v) is 10.4. The maximum Gasteiger partial charge on any atom is 0.256 e. The van der Waals surface area contributed by atoms with E-state index in [9.17, 15) is 9.59 Å². The quantitative estimate of drug-likeness (QED) is 0.484. The summed E-state index contributed by atoms with van der Waals surface area (Å²) in [4.78, 5) is 27.7. The molecular weight excluding hydrogens is 475 g/mol. The van der Waals surface area contributed by atoms with E-state index in [1.807, 2.05) is 36.4 Å². The van der Waals surface area contributed by atoms with Crippen LogP contribution in [0.2, 0.25) is 10.0 Å². The van der Waals surface area contributed by atoms with Crippen LogP contribution in [-0.4, -0.2) is 23.3 Å². The summed E-state index contributed by atoms with van der Waals surface area (Å²) in [7, 11) is 0. The number of nitrogens with one attached hydrogen (secondary N) is 1. The molecule has 29 heavy (non-hydrogen) atoms. The monoisotopic (exact) mass is 488 g/mol. The van der Waals surface area contributed by atoms with Gasteiger partial charge in [-0.15, -0.1) is 0 Å². The molecule has 0 saturated heterocycles. The maximum atomic E-state index is 13.5. The van der Waals surface area contributed by atoms with Crippen LogP contribution in [0.5, 0.6) is 0 Å². The maximum absolute atomic E-state index is 13.5. The molecule has 7 heteroatoms. The normalized spacial score (nSPS) is 16.0. The Kier molecular flexibility index (Phi) is 5.63. The number of carbonyl (C=O) groups excluding carboxylic acids is 2. The van der Waals surface area contributed by atoms with Crippen LogP contribution in [0.25, 0.3) is 0 Å². The van der Waals surface area contributed by atoms with Crippen molar-refractivity contribution in [1.29, 1.82) is 0 Å². The predicted molar refractivity (Wildman–Crippen MR) is 119 cm³/mol. The summed E-state index contributed by atoms with van der Waals surface area (Å²) in [6.45, 7) is -0.118. The van der Waals surface area contributed by atoms with E-state index in [1.165, 1.54) is 4.90 Å². The molecule has 0 aliphatic carbocycles. The summed E-state index contributed by atoms with van der Waals surface area (Å²) in [5.74, 6) is -0.630. The zero-order chi connectivity index (χ0) is 20.5. The van der Waals surface area contributed by atoms with Crippen molar-refractivity contribution in [2.45, 2.75) is 6.04 Å². The van der Waals surface area contributed by atoms with Crippen molar-refractivity contribution in [1.82, 2.24) is 4.90 Å². The van der Waals surface area contributed by atoms with Gasteiger partial charge in [0, 0.05) is 20.7 Å². The molecule has 4 rings (SSSR count). The predicted octanol–water partition coefficient (Wildman–Crippen LogP) is 5.94. The summed E-state index contributed by atoms with van der Waals surface area (Å²) < 4.78 is 0.730. The molecule has 1 aliphatic rings. The SMILES string of the molecule is O=C1CN(C(=O)c2cc(Br)ccc2Cl)C(c2ccccc2)c2ccc(Cl)cc2N1. The number of hydrogen-bond acceptors (Lipinski definition) is 2.